The van der Waals surface area contributed by atoms with Gasteiger partial charge in [0.1, 0.15) is 6.04 Å². The summed E-state index contributed by atoms with van der Waals surface area (Å²) in [5.74, 6) is -1.38. The normalized spacial score (nSPS) is 30.9. The fourth-order valence-electron chi connectivity index (χ4n) is 2.05. The number of nitrogens with two attached hydrogens (primary N) is 1. The number of esters is 1. The van der Waals surface area contributed by atoms with Crippen LogP contribution in [0, 0.1) is 0 Å². The Bertz CT molecular complexity index is 480. The van der Waals surface area contributed by atoms with Gasteiger partial charge in [-0.25, -0.2) is 19.2 Å². The Balaban J connectivity index is 3.09. The summed E-state index contributed by atoms with van der Waals surface area (Å²) in [6.45, 7) is 1.46. The van der Waals surface area contributed by atoms with Gasteiger partial charge in [0.25, 0.3) is 0 Å². The molecule has 0 saturated carbocycles. The lowest BCUT2D eigenvalue weighted by molar-refractivity contribution is -0.153. The largest absolute Gasteiger partial charge is 0.513 e. The van der Waals surface area contributed by atoms with Crippen molar-refractivity contribution < 1.29 is 48.7 Å². The molecular weight excluding hydrogens is 308 g/mol. The Morgan fingerprint density at radius 2 is 1.45 bits per heavy atom. The molecule has 1 unspecified atom stereocenters. The van der Waals surface area contributed by atoms with Crippen molar-refractivity contribution in [2.45, 2.75) is 37.3 Å². The zero-order valence-corrected chi connectivity index (χ0v) is 11.2. The molecule has 1 heterocycles. The SMILES string of the molecule is C[C@@H]1NC(C(=O)OC(=O)O)[C@H](OC(=O)O)[C@@H](OC(=O)O)[C@@H]1N. The zero-order valence-electron chi connectivity index (χ0n) is 11.2. The first kappa shape index (κ1) is 17.5. The van der Waals surface area contributed by atoms with E-state index in [4.69, 9.17) is 21.1 Å². The summed E-state index contributed by atoms with van der Waals surface area (Å²) in [5, 5.41) is 28.3. The van der Waals surface area contributed by atoms with Gasteiger partial charge in [-0.3, -0.25) is 5.32 Å². The van der Waals surface area contributed by atoms with Crippen molar-refractivity contribution in [1.29, 1.82) is 0 Å². The van der Waals surface area contributed by atoms with E-state index < -0.39 is 54.8 Å². The molecular formula is C10H14N2O10. The molecule has 0 aromatic carbocycles. The Hall–Kier alpha value is -2.60. The maximum atomic E-state index is 11.7. The van der Waals surface area contributed by atoms with Crippen LogP contribution in [0.2, 0.25) is 0 Å². The summed E-state index contributed by atoms with van der Waals surface area (Å²) < 4.78 is 12.8. The van der Waals surface area contributed by atoms with Crippen LogP contribution in [0.15, 0.2) is 0 Å². The van der Waals surface area contributed by atoms with Crippen LogP contribution in [0.4, 0.5) is 14.4 Å². The van der Waals surface area contributed by atoms with Crippen molar-refractivity contribution in [3.05, 3.63) is 0 Å². The average molecular weight is 322 g/mol. The van der Waals surface area contributed by atoms with Gasteiger partial charge in [0, 0.05) is 6.04 Å². The quantitative estimate of drug-likeness (QED) is 0.242. The monoisotopic (exact) mass is 322 g/mol. The molecule has 12 heteroatoms. The van der Waals surface area contributed by atoms with Crippen LogP contribution in [0.5, 0.6) is 0 Å². The number of piperidine rings is 1. The lowest BCUT2D eigenvalue weighted by atomic mass is 9.89. The summed E-state index contributed by atoms with van der Waals surface area (Å²) in [5.41, 5.74) is 5.71. The maximum absolute atomic E-state index is 11.7. The van der Waals surface area contributed by atoms with E-state index in [-0.39, 0.29) is 0 Å². The predicted octanol–water partition coefficient (Wildman–Crippen LogP) is -0.978. The Morgan fingerprint density at radius 3 is 1.91 bits per heavy atom. The van der Waals surface area contributed by atoms with E-state index in [1.165, 1.54) is 6.92 Å². The molecule has 0 aromatic rings. The summed E-state index contributed by atoms with van der Waals surface area (Å²) in [7, 11) is 0. The minimum absolute atomic E-state index is 0.718. The van der Waals surface area contributed by atoms with Crippen LogP contribution in [-0.4, -0.2) is 70.1 Å². The highest BCUT2D eigenvalue weighted by atomic mass is 16.7. The molecule has 1 fully saturated rings. The second-order valence-electron chi connectivity index (χ2n) is 4.39. The van der Waals surface area contributed by atoms with Gasteiger partial charge in [0.15, 0.2) is 12.2 Å². The molecule has 5 atom stereocenters. The number of nitrogens with one attached hydrogen (secondary N) is 1. The number of ether oxygens (including phenoxy) is 3. The van der Waals surface area contributed by atoms with E-state index in [9.17, 15) is 19.2 Å². The molecule has 0 bridgehead atoms. The van der Waals surface area contributed by atoms with Crippen LogP contribution >= 0.6 is 0 Å². The van der Waals surface area contributed by atoms with Crippen LogP contribution < -0.4 is 11.1 Å². The standard InChI is InChI=1S/C10H14N2O10/c1-2-3(11)5(20-8(14)15)6(21-9(16)17)4(12-2)7(13)22-10(18)19/h2-6,12H,11H2,1H3,(H,14,15)(H,16,17)(H,18,19)/t2-,3+,4?,5-,6-/m0/s1. The molecule has 1 saturated heterocycles. The van der Waals surface area contributed by atoms with E-state index in [0.717, 1.165) is 0 Å². The number of carboxylic acid groups (broad SMARTS) is 3. The number of hydrogen-bond acceptors (Lipinski definition) is 9. The minimum atomic E-state index is -1.92. The van der Waals surface area contributed by atoms with Gasteiger partial charge in [-0.1, -0.05) is 0 Å². The van der Waals surface area contributed by atoms with Gasteiger partial charge in [-0.2, -0.15) is 0 Å². The molecule has 0 amide bonds. The van der Waals surface area contributed by atoms with E-state index in [1.807, 2.05) is 0 Å². The minimum Gasteiger partial charge on any atom is -0.450 e. The highest BCUT2D eigenvalue weighted by Gasteiger charge is 2.50. The fourth-order valence-corrected chi connectivity index (χ4v) is 2.05. The molecule has 6 N–H and O–H groups in total. The van der Waals surface area contributed by atoms with Crippen molar-refractivity contribution in [1.82, 2.24) is 5.32 Å². The second-order valence-corrected chi connectivity index (χ2v) is 4.39. The number of carbonyl (C=O) groups excluding carboxylic acids is 1. The highest BCUT2D eigenvalue weighted by molar-refractivity contribution is 5.86. The van der Waals surface area contributed by atoms with Crippen molar-refractivity contribution >= 4 is 24.4 Å². The van der Waals surface area contributed by atoms with Crippen molar-refractivity contribution in [2.24, 2.45) is 5.73 Å². The Labute approximate surface area is 122 Å². The van der Waals surface area contributed by atoms with Crippen LogP contribution in [-0.2, 0) is 19.0 Å². The molecule has 0 spiro atoms. The second kappa shape index (κ2) is 6.91. The van der Waals surface area contributed by atoms with Crippen LogP contribution in [0.1, 0.15) is 6.92 Å². The summed E-state index contributed by atoms with van der Waals surface area (Å²) in [6.07, 6.45) is -8.76. The smallest absolute Gasteiger partial charge is 0.450 e. The van der Waals surface area contributed by atoms with Gasteiger partial charge in [0.05, 0.1) is 6.04 Å². The lowest BCUT2D eigenvalue weighted by Gasteiger charge is -2.41. The van der Waals surface area contributed by atoms with E-state index in [0.29, 0.717) is 0 Å². The first-order valence-corrected chi connectivity index (χ1v) is 5.89. The third kappa shape index (κ3) is 4.20. The summed E-state index contributed by atoms with van der Waals surface area (Å²) in [4.78, 5) is 43.5. The Morgan fingerprint density at radius 1 is 0.955 bits per heavy atom. The van der Waals surface area contributed by atoms with E-state index in [2.05, 4.69) is 19.5 Å². The zero-order chi connectivity index (χ0) is 17.0. The molecule has 0 aromatic heterocycles. The topological polar surface area (TPSA) is 195 Å². The van der Waals surface area contributed by atoms with Crippen LogP contribution in [0.3, 0.4) is 0 Å². The van der Waals surface area contributed by atoms with Gasteiger partial charge in [-0.05, 0) is 6.92 Å². The summed E-state index contributed by atoms with van der Waals surface area (Å²) in [6, 6.07) is -3.37. The molecule has 1 aliphatic rings. The molecule has 1 aliphatic heterocycles. The van der Waals surface area contributed by atoms with Gasteiger partial charge in [-0.15, -0.1) is 0 Å². The average Bonchev–Trinajstić information content (AvgIpc) is 2.36. The van der Waals surface area contributed by atoms with Gasteiger partial charge in [0.2, 0.25) is 0 Å². The van der Waals surface area contributed by atoms with E-state index >= 15 is 0 Å². The number of rotatable bonds is 3. The first-order valence-electron chi connectivity index (χ1n) is 5.89. The lowest BCUT2D eigenvalue weighted by Crippen LogP contribution is -2.70. The maximum Gasteiger partial charge on any atom is 0.513 e. The van der Waals surface area contributed by atoms with Crippen molar-refractivity contribution in [3.8, 4) is 0 Å². The summed E-state index contributed by atoms with van der Waals surface area (Å²) >= 11 is 0. The van der Waals surface area contributed by atoms with Crippen molar-refractivity contribution in [3.63, 3.8) is 0 Å². The fraction of sp³-hybridized carbons (Fsp3) is 0.600. The van der Waals surface area contributed by atoms with Crippen LogP contribution in [0.25, 0.3) is 0 Å². The molecule has 124 valence electrons. The third-order valence-corrected chi connectivity index (χ3v) is 2.97. The number of hydrogen-bond donors (Lipinski definition) is 5. The van der Waals surface area contributed by atoms with Gasteiger partial charge < -0.3 is 35.3 Å². The molecule has 0 radical (unpaired) electrons. The van der Waals surface area contributed by atoms with E-state index in [1.54, 1.807) is 0 Å². The molecule has 22 heavy (non-hydrogen) atoms. The Kier molecular flexibility index (Phi) is 5.48. The molecule has 12 nitrogen and oxygen atoms in total. The third-order valence-electron chi connectivity index (χ3n) is 2.97. The van der Waals surface area contributed by atoms with Crippen molar-refractivity contribution in [2.75, 3.05) is 0 Å². The highest BCUT2D eigenvalue weighted by Crippen LogP contribution is 2.21. The molecule has 1 rings (SSSR count). The first-order chi connectivity index (χ1) is 10.1. The molecule has 0 aliphatic carbocycles. The number of carbonyl (C=O) groups is 4. The van der Waals surface area contributed by atoms with Gasteiger partial charge >= 0.3 is 24.4 Å². The predicted molar refractivity (Wildman–Crippen MR) is 64.3 cm³/mol.